The van der Waals surface area contributed by atoms with Crippen molar-refractivity contribution in [2.45, 2.75) is 18.9 Å². The number of carboxylic acids is 1. The molecule has 0 aromatic heterocycles. The Morgan fingerprint density at radius 2 is 1.42 bits per heavy atom. The molecule has 1 saturated heterocycles. The van der Waals surface area contributed by atoms with E-state index in [1.807, 2.05) is 0 Å². The normalized spacial score (nSPS) is 18.7. The van der Waals surface area contributed by atoms with Gasteiger partial charge in [-0.05, 0) is 12.8 Å². The van der Waals surface area contributed by atoms with Gasteiger partial charge in [0.05, 0.1) is 0 Å². The van der Waals surface area contributed by atoms with Crippen LogP contribution in [0.1, 0.15) is 12.8 Å². The van der Waals surface area contributed by atoms with E-state index in [4.69, 9.17) is 5.11 Å². The Hall–Kier alpha value is -2.51. The number of carboxylic acid groups (broad SMARTS) is 1. The molecule has 8 heteroatoms. The number of carbonyl (C=O) groups is 1. The molecule has 6 N–H and O–H groups in total. The summed E-state index contributed by atoms with van der Waals surface area (Å²) in [5.41, 5.74) is -0.405. The van der Waals surface area contributed by atoms with E-state index in [0.29, 0.717) is 12.8 Å². The third kappa shape index (κ3) is 1.81. The number of aliphatic carboxylic acids is 1. The lowest BCUT2D eigenvalue weighted by Crippen LogP contribution is -2.35. The first-order valence-electron chi connectivity index (χ1n) is 5.54. The summed E-state index contributed by atoms with van der Waals surface area (Å²) in [7, 11) is 0. The molecule has 104 valence electrons. The second-order valence-electron chi connectivity index (χ2n) is 4.28. The molecule has 19 heavy (non-hydrogen) atoms. The second-order valence-corrected chi connectivity index (χ2v) is 4.28. The first-order chi connectivity index (χ1) is 8.86. The van der Waals surface area contributed by atoms with Crippen molar-refractivity contribution in [2.75, 3.05) is 11.4 Å². The zero-order valence-corrected chi connectivity index (χ0v) is 9.74. The van der Waals surface area contributed by atoms with E-state index in [0.717, 1.165) is 4.90 Å². The fourth-order valence-electron chi connectivity index (χ4n) is 2.24. The van der Waals surface area contributed by atoms with Crippen molar-refractivity contribution < 1.29 is 35.4 Å². The summed E-state index contributed by atoms with van der Waals surface area (Å²) in [4.78, 5) is 12.2. The number of nitrogens with zero attached hydrogens (tertiary/aromatic N) is 1. The van der Waals surface area contributed by atoms with Gasteiger partial charge < -0.3 is 35.5 Å². The van der Waals surface area contributed by atoms with E-state index >= 15 is 0 Å². The maximum Gasteiger partial charge on any atom is 0.326 e. The molecule has 1 heterocycles. The van der Waals surface area contributed by atoms with E-state index in [9.17, 15) is 30.3 Å². The fourth-order valence-corrected chi connectivity index (χ4v) is 2.24. The monoisotopic (exact) mass is 271 g/mol. The van der Waals surface area contributed by atoms with Gasteiger partial charge in [-0.2, -0.15) is 0 Å². The molecule has 1 aliphatic heterocycles. The number of phenols is 5. The lowest BCUT2D eigenvalue weighted by molar-refractivity contribution is -0.138. The minimum Gasteiger partial charge on any atom is -0.503 e. The van der Waals surface area contributed by atoms with Crippen molar-refractivity contribution in [2.24, 2.45) is 0 Å². The molecule has 1 fully saturated rings. The van der Waals surface area contributed by atoms with Gasteiger partial charge in [0.2, 0.25) is 17.2 Å². The Morgan fingerprint density at radius 1 is 0.947 bits per heavy atom. The molecule has 0 bridgehead atoms. The second kappa shape index (κ2) is 4.30. The number of benzene rings is 1. The molecule has 0 spiro atoms. The lowest BCUT2D eigenvalue weighted by atomic mass is 10.1. The zero-order chi connectivity index (χ0) is 14.3. The van der Waals surface area contributed by atoms with Gasteiger partial charge >= 0.3 is 5.97 Å². The Kier molecular flexibility index (Phi) is 2.93. The van der Waals surface area contributed by atoms with Crippen molar-refractivity contribution in [3.05, 3.63) is 0 Å². The number of hydrogen-bond acceptors (Lipinski definition) is 7. The molecule has 0 amide bonds. The summed E-state index contributed by atoms with van der Waals surface area (Å²) >= 11 is 0. The van der Waals surface area contributed by atoms with Crippen molar-refractivity contribution in [1.29, 1.82) is 0 Å². The van der Waals surface area contributed by atoms with Gasteiger partial charge in [0.25, 0.3) is 0 Å². The SMILES string of the molecule is O=C(O)C1CCCN1c1c(O)c(O)c(O)c(O)c1O. The van der Waals surface area contributed by atoms with Crippen LogP contribution in [0.5, 0.6) is 28.7 Å². The molecular weight excluding hydrogens is 258 g/mol. The van der Waals surface area contributed by atoms with Crippen LogP contribution < -0.4 is 4.90 Å². The molecule has 0 radical (unpaired) electrons. The minimum atomic E-state index is -1.15. The Bertz CT molecular complexity index is 513. The molecule has 2 rings (SSSR count). The summed E-state index contributed by atoms with van der Waals surface area (Å²) in [5, 5.41) is 56.6. The highest BCUT2D eigenvalue weighted by Crippen LogP contribution is 2.56. The molecule has 0 saturated carbocycles. The molecule has 1 atom stereocenters. The van der Waals surface area contributed by atoms with Crippen LogP contribution in [0.2, 0.25) is 0 Å². The van der Waals surface area contributed by atoms with Gasteiger partial charge in [-0.3, -0.25) is 0 Å². The lowest BCUT2D eigenvalue weighted by Gasteiger charge is -2.26. The standard InChI is InChI=1S/C11H13NO7/c13-6-5(7(14)9(16)10(17)8(6)15)12-3-1-2-4(12)11(18)19/h4,13-17H,1-3H2,(H,18,19). The van der Waals surface area contributed by atoms with Crippen LogP contribution >= 0.6 is 0 Å². The number of phenolic OH excluding ortho intramolecular Hbond substituents is 5. The molecule has 1 unspecified atom stereocenters. The van der Waals surface area contributed by atoms with Gasteiger partial charge in [0.1, 0.15) is 11.7 Å². The largest absolute Gasteiger partial charge is 0.503 e. The van der Waals surface area contributed by atoms with Gasteiger partial charge in [-0.15, -0.1) is 0 Å². The maximum atomic E-state index is 11.1. The molecule has 1 aromatic carbocycles. The van der Waals surface area contributed by atoms with Crippen LogP contribution in [0.3, 0.4) is 0 Å². The van der Waals surface area contributed by atoms with Crippen LogP contribution in [0.25, 0.3) is 0 Å². The van der Waals surface area contributed by atoms with E-state index in [2.05, 4.69) is 0 Å². The molecule has 0 aliphatic carbocycles. The number of anilines is 1. The first-order valence-corrected chi connectivity index (χ1v) is 5.54. The fraction of sp³-hybridized carbons (Fsp3) is 0.364. The van der Waals surface area contributed by atoms with Crippen LogP contribution in [0.15, 0.2) is 0 Å². The van der Waals surface area contributed by atoms with Crippen LogP contribution in [-0.4, -0.2) is 49.2 Å². The number of hydrogen-bond donors (Lipinski definition) is 6. The maximum absolute atomic E-state index is 11.1. The third-order valence-electron chi connectivity index (χ3n) is 3.17. The summed E-state index contributed by atoms with van der Waals surface area (Å²) < 4.78 is 0. The molecule has 1 aromatic rings. The van der Waals surface area contributed by atoms with E-state index < -0.39 is 46.4 Å². The number of aromatic hydroxyl groups is 5. The van der Waals surface area contributed by atoms with E-state index in [-0.39, 0.29) is 6.54 Å². The highest BCUT2D eigenvalue weighted by Gasteiger charge is 2.36. The van der Waals surface area contributed by atoms with Crippen molar-refractivity contribution in [1.82, 2.24) is 0 Å². The average Bonchev–Trinajstić information content (AvgIpc) is 2.83. The Labute approximate surface area is 107 Å². The Morgan fingerprint density at radius 3 is 1.89 bits per heavy atom. The van der Waals surface area contributed by atoms with Crippen LogP contribution in [0.4, 0.5) is 5.69 Å². The van der Waals surface area contributed by atoms with Crippen molar-refractivity contribution in [3.63, 3.8) is 0 Å². The van der Waals surface area contributed by atoms with E-state index in [1.54, 1.807) is 0 Å². The van der Waals surface area contributed by atoms with Gasteiger partial charge in [0, 0.05) is 6.54 Å². The Balaban J connectivity index is 2.60. The third-order valence-corrected chi connectivity index (χ3v) is 3.17. The summed E-state index contributed by atoms with van der Waals surface area (Å²) in [5.74, 6) is -5.99. The zero-order valence-electron chi connectivity index (χ0n) is 9.74. The van der Waals surface area contributed by atoms with E-state index in [1.165, 1.54) is 0 Å². The number of rotatable bonds is 2. The van der Waals surface area contributed by atoms with Gasteiger partial charge in [-0.25, -0.2) is 4.79 Å². The summed E-state index contributed by atoms with van der Waals surface area (Å²) in [6.07, 6.45) is 0.814. The van der Waals surface area contributed by atoms with Crippen molar-refractivity contribution >= 4 is 11.7 Å². The quantitative estimate of drug-likeness (QED) is 0.332. The highest BCUT2D eigenvalue weighted by molar-refractivity contribution is 5.86. The summed E-state index contributed by atoms with van der Waals surface area (Å²) in [6, 6.07) is -0.986. The van der Waals surface area contributed by atoms with Gasteiger partial charge in [0.15, 0.2) is 11.5 Å². The summed E-state index contributed by atoms with van der Waals surface area (Å²) in [6.45, 7) is 0.224. The molecule has 1 aliphatic rings. The highest BCUT2D eigenvalue weighted by atomic mass is 16.4. The predicted molar refractivity (Wildman–Crippen MR) is 62.8 cm³/mol. The van der Waals surface area contributed by atoms with Crippen molar-refractivity contribution in [3.8, 4) is 28.7 Å². The first kappa shape index (κ1) is 12.9. The molecule has 8 nitrogen and oxygen atoms in total. The smallest absolute Gasteiger partial charge is 0.326 e. The van der Waals surface area contributed by atoms with Gasteiger partial charge in [-0.1, -0.05) is 0 Å². The minimum absolute atomic E-state index is 0.224. The molecular formula is C11H13NO7. The predicted octanol–water partition coefficient (Wildman–Crippen LogP) is 0.268. The average molecular weight is 271 g/mol. The van der Waals surface area contributed by atoms with Crippen LogP contribution in [-0.2, 0) is 4.79 Å². The van der Waals surface area contributed by atoms with Crippen LogP contribution in [0, 0.1) is 0 Å². The topological polar surface area (TPSA) is 142 Å².